The number of aliphatic carboxylic acids is 1. The minimum absolute atomic E-state index is 0.0539. The molecule has 0 aliphatic rings. The van der Waals surface area contributed by atoms with Gasteiger partial charge in [-0.3, -0.25) is 4.79 Å². The van der Waals surface area contributed by atoms with Gasteiger partial charge in [0.05, 0.1) is 5.69 Å². The molecule has 20 heavy (non-hydrogen) atoms. The van der Waals surface area contributed by atoms with E-state index in [1.165, 1.54) is 0 Å². The molecule has 0 unspecified atom stereocenters. The van der Waals surface area contributed by atoms with Gasteiger partial charge in [-0.05, 0) is 18.1 Å². The van der Waals surface area contributed by atoms with Crippen molar-refractivity contribution in [2.75, 3.05) is 18.4 Å². The van der Waals surface area contributed by atoms with E-state index < -0.39 is 30.2 Å². The van der Waals surface area contributed by atoms with E-state index >= 15 is 0 Å². The summed E-state index contributed by atoms with van der Waals surface area (Å²) >= 11 is 0. The van der Waals surface area contributed by atoms with Crippen LogP contribution in [0, 0.1) is 17.6 Å². The van der Waals surface area contributed by atoms with Crippen molar-refractivity contribution in [2.24, 2.45) is 5.92 Å². The predicted molar refractivity (Wildman–Crippen MR) is 69.4 cm³/mol. The van der Waals surface area contributed by atoms with Crippen molar-refractivity contribution < 1.29 is 23.5 Å². The fourth-order valence-electron chi connectivity index (χ4n) is 1.61. The van der Waals surface area contributed by atoms with E-state index in [-0.39, 0.29) is 18.2 Å². The molecule has 0 saturated heterocycles. The van der Waals surface area contributed by atoms with Crippen molar-refractivity contribution in [1.29, 1.82) is 0 Å². The maximum Gasteiger partial charge on any atom is 0.323 e. The van der Waals surface area contributed by atoms with E-state index in [1.54, 1.807) is 0 Å². The summed E-state index contributed by atoms with van der Waals surface area (Å²) in [6.07, 6.45) is 0. The van der Waals surface area contributed by atoms with Gasteiger partial charge in [-0.25, -0.2) is 13.6 Å². The van der Waals surface area contributed by atoms with Gasteiger partial charge in [-0.15, -0.1) is 0 Å². The largest absolute Gasteiger partial charge is 0.480 e. The molecule has 0 bridgehead atoms. The summed E-state index contributed by atoms with van der Waals surface area (Å²) in [4.78, 5) is 23.7. The van der Waals surface area contributed by atoms with Crippen LogP contribution in [0.5, 0.6) is 0 Å². The Kier molecular flexibility index (Phi) is 5.42. The summed E-state index contributed by atoms with van der Waals surface area (Å²) in [6, 6.07) is 1.98. The highest BCUT2D eigenvalue weighted by Gasteiger charge is 2.19. The molecule has 0 aliphatic heterocycles. The van der Waals surface area contributed by atoms with Crippen LogP contribution in [0.1, 0.15) is 13.8 Å². The van der Waals surface area contributed by atoms with E-state index in [2.05, 4.69) is 5.32 Å². The summed E-state index contributed by atoms with van der Waals surface area (Å²) in [5, 5.41) is 11.0. The fraction of sp³-hybridized carbons (Fsp3) is 0.385. The van der Waals surface area contributed by atoms with E-state index in [4.69, 9.17) is 5.11 Å². The van der Waals surface area contributed by atoms with Crippen LogP contribution in [0.4, 0.5) is 19.3 Å². The molecule has 5 nitrogen and oxygen atoms in total. The zero-order valence-corrected chi connectivity index (χ0v) is 11.2. The van der Waals surface area contributed by atoms with Gasteiger partial charge in [0.1, 0.15) is 18.2 Å². The number of hydrogen-bond acceptors (Lipinski definition) is 2. The molecule has 1 aromatic carbocycles. The van der Waals surface area contributed by atoms with E-state index in [0.717, 1.165) is 17.0 Å². The summed E-state index contributed by atoms with van der Waals surface area (Å²) < 4.78 is 26.2. The first-order chi connectivity index (χ1) is 9.29. The normalized spacial score (nSPS) is 10.4. The number of halogens is 2. The highest BCUT2D eigenvalue weighted by Crippen LogP contribution is 2.15. The number of anilines is 1. The lowest BCUT2D eigenvalue weighted by molar-refractivity contribution is -0.137. The zero-order valence-electron chi connectivity index (χ0n) is 11.2. The number of carbonyl (C=O) groups is 2. The third-order valence-electron chi connectivity index (χ3n) is 2.37. The molecule has 2 amide bonds. The highest BCUT2D eigenvalue weighted by atomic mass is 19.1. The van der Waals surface area contributed by atoms with Crippen molar-refractivity contribution in [2.45, 2.75) is 13.8 Å². The van der Waals surface area contributed by atoms with Crippen molar-refractivity contribution in [3.05, 3.63) is 29.8 Å². The second-order valence-electron chi connectivity index (χ2n) is 4.72. The summed E-state index contributed by atoms with van der Waals surface area (Å²) in [6.45, 7) is 3.36. The quantitative estimate of drug-likeness (QED) is 0.874. The molecule has 1 aromatic rings. The van der Waals surface area contributed by atoms with Crippen LogP contribution in [0.15, 0.2) is 18.2 Å². The Bertz CT molecular complexity index is 506. The fourth-order valence-corrected chi connectivity index (χ4v) is 1.61. The van der Waals surface area contributed by atoms with Gasteiger partial charge in [-0.2, -0.15) is 0 Å². The van der Waals surface area contributed by atoms with Gasteiger partial charge < -0.3 is 15.3 Å². The van der Waals surface area contributed by atoms with Crippen LogP contribution < -0.4 is 5.32 Å². The molecule has 0 aliphatic carbocycles. The first-order valence-corrected chi connectivity index (χ1v) is 6.02. The van der Waals surface area contributed by atoms with Crippen LogP contribution in [0.25, 0.3) is 0 Å². The average Bonchev–Trinajstić information content (AvgIpc) is 2.30. The van der Waals surface area contributed by atoms with Crippen molar-refractivity contribution in [3.63, 3.8) is 0 Å². The maximum absolute atomic E-state index is 13.4. The lowest BCUT2D eigenvalue weighted by Gasteiger charge is -2.23. The van der Waals surface area contributed by atoms with Gasteiger partial charge in [-0.1, -0.05) is 13.8 Å². The minimum Gasteiger partial charge on any atom is -0.480 e. The Morgan fingerprint density at radius 1 is 1.35 bits per heavy atom. The van der Waals surface area contributed by atoms with Gasteiger partial charge >= 0.3 is 12.0 Å². The number of amides is 2. The topological polar surface area (TPSA) is 69.6 Å². The molecule has 2 N–H and O–H groups in total. The second-order valence-corrected chi connectivity index (χ2v) is 4.72. The molecule has 110 valence electrons. The monoisotopic (exact) mass is 286 g/mol. The smallest absolute Gasteiger partial charge is 0.323 e. The number of urea groups is 1. The van der Waals surface area contributed by atoms with Gasteiger partial charge in [0.25, 0.3) is 0 Å². The first-order valence-electron chi connectivity index (χ1n) is 6.02. The molecule has 0 aromatic heterocycles. The van der Waals surface area contributed by atoms with Crippen LogP contribution in [0.2, 0.25) is 0 Å². The lowest BCUT2D eigenvalue weighted by Crippen LogP contribution is -2.41. The van der Waals surface area contributed by atoms with Crippen molar-refractivity contribution >= 4 is 17.7 Å². The molecule has 0 fully saturated rings. The number of hydrogen-bond donors (Lipinski definition) is 2. The van der Waals surface area contributed by atoms with Crippen LogP contribution in [0.3, 0.4) is 0 Å². The summed E-state index contributed by atoms with van der Waals surface area (Å²) in [5.41, 5.74) is -0.199. The first kappa shape index (κ1) is 15.9. The van der Waals surface area contributed by atoms with Gasteiger partial charge in [0, 0.05) is 12.6 Å². The average molecular weight is 286 g/mol. The third kappa shape index (κ3) is 4.83. The molecule has 0 heterocycles. The third-order valence-corrected chi connectivity index (χ3v) is 2.37. The van der Waals surface area contributed by atoms with Crippen LogP contribution >= 0.6 is 0 Å². The standard InChI is InChI=1S/C13H16F2N2O3/c1-8(2)6-17(7-12(18)19)13(20)16-11-4-3-9(14)5-10(11)15/h3-5,8H,6-7H2,1-2H3,(H,16,20)(H,18,19). The number of nitrogens with zero attached hydrogens (tertiary/aromatic N) is 1. The Morgan fingerprint density at radius 2 is 2.00 bits per heavy atom. The summed E-state index contributed by atoms with van der Waals surface area (Å²) in [5.74, 6) is -2.79. The van der Waals surface area contributed by atoms with E-state index in [0.29, 0.717) is 6.07 Å². The second kappa shape index (κ2) is 6.83. The molecule has 7 heteroatoms. The molecule has 0 radical (unpaired) electrons. The number of carboxylic acids is 1. The van der Waals surface area contributed by atoms with E-state index in [9.17, 15) is 18.4 Å². The Labute approximate surface area is 115 Å². The molecule has 1 rings (SSSR count). The van der Waals surface area contributed by atoms with Crippen molar-refractivity contribution in [1.82, 2.24) is 4.90 Å². The molecular formula is C13H16F2N2O3. The number of carbonyl (C=O) groups excluding carboxylic acids is 1. The molecule has 0 spiro atoms. The SMILES string of the molecule is CC(C)CN(CC(=O)O)C(=O)Nc1ccc(F)cc1F. The van der Waals surface area contributed by atoms with Gasteiger partial charge in [0.2, 0.25) is 0 Å². The highest BCUT2D eigenvalue weighted by molar-refractivity contribution is 5.91. The predicted octanol–water partition coefficient (Wildman–Crippen LogP) is 2.54. The summed E-state index contributed by atoms with van der Waals surface area (Å²) in [7, 11) is 0. The number of nitrogens with one attached hydrogen (secondary N) is 1. The van der Waals surface area contributed by atoms with E-state index in [1.807, 2.05) is 13.8 Å². The minimum atomic E-state index is -1.17. The number of carboxylic acid groups (broad SMARTS) is 1. The number of benzene rings is 1. The number of rotatable bonds is 5. The molecule has 0 atom stereocenters. The Balaban J connectivity index is 2.81. The van der Waals surface area contributed by atoms with Crippen LogP contribution in [-0.4, -0.2) is 35.1 Å². The van der Waals surface area contributed by atoms with Gasteiger partial charge in [0.15, 0.2) is 0 Å². The van der Waals surface area contributed by atoms with Crippen LogP contribution in [-0.2, 0) is 4.79 Å². The molecule has 0 saturated carbocycles. The Hall–Kier alpha value is -2.18. The lowest BCUT2D eigenvalue weighted by atomic mass is 10.2. The molecular weight excluding hydrogens is 270 g/mol. The van der Waals surface area contributed by atoms with Crippen molar-refractivity contribution in [3.8, 4) is 0 Å². The Morgan fingerprint density at radius 3 is 2.50 bits per heavy atom. The maximum atomic E-state index is 13.4. The zero-order chi connectivity index (χ0) is 15.3.